The Balaban J connectivity index is 1.97. The highest BCUT2D eigenvalue weighted by Gasteiger charge is 2.19. The van der Waals surface area contributed by atoms with Gasteiger partial charge in [-0.05, 0) is 37.5 Å². The van der Waals surface area contributed by atoms with Gasteiger partial charge in [0.2, 0.25) is 11.8 Å². The van der Waals surface area contributed by atoms with Crippen LogP contribution in [-0.2, 0) is 14.3 Å². The first-order valence-electron chi connectivity index (χ1n) is 7.40. The number of nitrogens with one attached hydrogen (secondary N) is 1. The summed E-state index contributed by atoms with van der Waals surface area (Å²) >= 11 is 3.45. The molecule has 1 atom stereocenters. The number of hydrogen-bond donors (Lipinski definition) is 1. The van der Waals surface area contributed by atoms with Crippen molar-refractivity contribution in [2.24, 2.45) is 0 Å². The van der Waals surface area contributed by atoms with E-state index in [0.29, 0.717) is 12.2 Å². The smallest absolute Gasteiger partial charge is 0.240 e. The Morgan fingerprint density at radius 2 is 2.23 bits per heavy atom. The van der Waals surface area contributed by atoms with Crippen molar-refractivity contribution in [2.45, 2.75) is 32.8 Å². The average Bonchev–Trinajstić information content (AvgIpc) is 2.98. The number of carbonyl (C=O) groups is 2. The number of halogens is 1. The van der Waals surface area contributed by atoms with Crippen molar-refractivity contribution >= 4 is 33.4 Å². The predicted octanol–water partition coefficient (Wildman–Crippen LogP) is 2.41. The summed E-state index contributed by atoms with van der Waals surface area (Å²) in [6.07, 6.45) is 2.11. The zero-order valence-electron chi connectivity index (χ0n) is 12.9. The van der Waals surface area contributed by atoms with Gasteiger partial charge in [0.05, 0.1) is 6.10 Å². The van der Waals surface area contributed by atoms with Crippen molar-refractivity contribution in [3.8, 4) is 0 Å². The van der Waals surface area contributed by atoms with Gasteiger partial charge in [-0.25, -0.2) is 0 Å². The fourth-order valence-corrected chi connectivity index (χ4v) is 2.73. The monoisotopic (exact) mass is 368 g/mol. The van der Waals surface area contributed by atoms with Crippen LogP contribution >= 0.6 is 15.9 Å². The number of rotatable bonds is 5. The van der Waals surface area contributed by atoms with Crippen molar-refractivity contribution in [1.82, 2.24) is 5.32 Å². The van der Waals surface area contributed by atoms with E-state index < -0.39 is 0 Å². The van der Waals surface area contributed by atoms with E-state index in [0.717, 1.165) is 29.5 Å². The molecule has 1 fully saturated rings. The quantitative estimate of drug-likeness (QED) is 0.867. The standard InChI is InChI=1S/C16H21BrN2O3/c1-11-5-6-13(8-15(11)17)19(12(2)20)10-16(21)18-9-14-4-3-7-22-14/h5-6,8,14H,3-4,7,9-10H2,1-2H3,(H,18,21). The van der Waals surface area contributed by atoms with Crippen LogP contribution in [0.5, 0.6) is 0 Å². The molecule has 1 heterocycles. The molecule has 1 aromatic carbocycles. The number of amides is 2. The molecule has 0 radical (unpaired) electrons. The summed E-state index contributed by atoms with van der Waals surface area (Å²) in [5, 5.41) is 2.84. The van der Waals surface area contributed by atoms with Gasteiger partial charge in [-0.1, -0.05) is 22.0 Å². The van der Waals surface area contributed by atoms with E-state index in [4.69, 9.17) is 4.74 Å². The second kappa shape index (κ2) is 7.74. The number of carbonyl (C=O) groups excluding carboxylic acids is 2. The summed E-state index contributed by atoms with van der Waals surface area (Å²) in [5.41, 5.74) is 1.78. The van der Waals surface area contributed by atoms with Crippen LogP contribution in [0.15, 0.2) is 22.7 Å². The Morgan fingerprint density at radius 3 is 2.82 bits per heavy atom. The summed E-state index contributed by atoms with van der Waals surface area (Å²) in [7, 11) is 0. The van der Waals surface area contributed by atoms with Crippen LogP contribution < -0.4 is 10.2 Å². The molecule has 1 unspecified atom stereocenters. The highest BCUT2D eigenvalue weighted by atomic mass is 79.9. The molecule has 2 amide bonds. The molecule has 0 spiro atoms. The van der Waals surface area contributed by atoms with Gasteiger partial charge in [-0.15, -0.1) is 0 Å². The first-order valence-corrected chi connectivity index (χ1v) is 8.19. The second-order valence-electron chi connectivity index (χ2n) is 5.48. The van der Waals surface area contributed by atoms with Gasteiger partial charge in [0, 0.05) is 30.2 Å². The molecular formula is C16H21BrN2O3. The van der Waals surface area contributed by atoms with E-state index in [-0.39, 0.29) is 24.5 Å². The number of benzene rings is 1. The highest BCUT2D eigenvalue weighted by molar-refractivity contribution is 9.10. The van der Waals surface area contributed by atoms with Gasteiger partial charge in [-0.3, -0.25) is 9.59 Å². The van der Waals surface area contributed by atoms with Crippen LogP contribution in [0.2, 0.25) is 0 Å². The number of hydrogen-bond acceptors (Lipinski definition) is 3. The van der Waals surface area contributed by atoms with E-state index in [9.17, 15) is 9.59 Å². The Bertz CT molecular complexity index is 556. The molecule has 0 bridgehead atoms. The fourth-order valence-electron chi connectivity index (χ4n) is 2.37. The minimum Gasteiger partial charge on any atom is -0.376 e. The number of aryl methyl sites for hydroxylation is 1. The molecule has 120 valence electrons. The normalized spacial score (nSPS) is 17.3. The lowest BCUT2D eigenvalue weighted by Crippen LogP contribution is -2.42. The molecule has 5 nitrogen and oxygen atoms in total. The number of nitrogens with zero attached hydrogens (tertiary/aromatic N) is 1. The largest absolute Gasteiger partial charge is 0.376 e. The molecular weight excluding hydrogens is 348 g/mol. The lowest BCUT2D eigenvalue weighted by Gasteiger charge is -2.22. The van der Waals surface area contributed by atoms with E-state index in [1.165, 1.54) is 11.8 Å². The van der Waals surface area contributed by atoms with Crippen LogP contribution in [0.4, 0.5) is 5.69 Å². The van der Waals surface area contributed by atoms with Crippen molar-refractivity contribution in [3.63, 3.8) is 0 Å². The van der Waals surface area contributed by atoms with E-state index in [1.54, 1.807) is 0 Å². The van der Waals surface area contributed by atoms with Gasteiger partial charge in [-0.2, -0.15) is 0 Å². The summed E-state index contributed by atoms with van der Waals surface area (Å²) < 4.78 is 6.38. The summed E-state index contributed by atoms with van der Waals surface area (Å²) in [5.74, 6) is -0.342. The predicted molar refractivity (Wildman–Crippen MR) is 88.9 cm³/mol. The first kappa shape index (κ1) is 17.0. The van der Waals surface area contributed by atoms with Crippen LogP contribution in [0.1, 0.15) is 25.3 Å². The van der Waals surface area contributed by atoms with E-state index >= 15 is 0 Å². The third-order valence-corrected chi connectivity index (χ3v) is 4.55. The molecule has 1 aliphatic rings. The maximum Gasteiger partial charge on any atom is 0.240 e. The third-order valence-electron chi connectivity index (χ3n) is 3.70. The lowest BCUT2D eigenvalue weighted by atomic mass is 10.2. The van der Waals surface area contributed by atoms with Crippen LogP contribution in [0.3, 0.4) is 0 Å². The van der Waals surface area contributed by atoms with Crippen molar-refractivity contribution in [3.05, 3.63) is 28.2 Å². The minimum atomic E-state index is -0.178. The molecule has 0 saturated carbocycles. The zero-order chi connectivity index (χ0) is 16.1. The molecule has 2 rings (SSSR count). The SMILES string of the molecule is CC(=O)N(CC(=O)NCC1CCCO1)c1ccc(C)c(Br)c1. The highest BCUT2D eigenvalue weighted by Crippen LogP contribution is 2.23. The van der Waals surface area contributed by atoms with Gasteiger partial charge in [0.1, 0.15) is 6.54 Å². The Morgan fingerprint density at radius 1 is 1.45 bits per heavy atom. The molecule has 0 aliphatic carbocycles. The Kier molecular flexibility index (Phi) is 5.97. The third kappa shape index (κ3) is 4.55. The Hall–Kier alpha value is -1.40. The second-order valence-corrected chi connectivity index (χ2v) is 6.33. The van der Waals surface area contributed by atoms with Crippen LogP contribution in [0.25, 0.3) is 0 Å². The lowest BCUT2D eigenvalue weighted by molar-refractivity contribution is -0.123. The molecule has 1 aliphatic heterocycles. The van der Waals surface area contributed by atoms with Gasteiger partial charge in [0.25, 0.3) is 0 Å². The van der Waals surface area contributed by atoms with Crippen molar-refractivity contribution in [1.29, 1.82) is 0 Å². The van der Waals surface area contributed by atoms with Crippen molar-refractivity contribution < 1.29 is 14.3 Å². The first-order chi connectivity index (χ1) is 10.5. The molecule has 1 aromatic rings. The van der Waals surface area contributed by atoms with Gasteiger partial charge in [0.15, 0.2) is 0 Å². The zero-order valence-corrected chi connectivity index (χ0v) is 14.5. The van der Waals surface area contributed by atoms with Gasteiger partial charge >= 0.3 is 0 Å². The molecule has 22 heavy (non-hydrogen) atoms. The number of anilines is 1. The summed E-state index contributed by atoms with van der Waals surface area (Å²) in [6.45, 7) is 4.71. The molecule has 1 N–H and O–H groups in total. The summed E-state index contributed by atoms with van der Waals surface area (Å²) in [4.78, 5) is 25.4. The molecule has 1 saturated heterocycles. The maximum atomic E-state index is 12.1. The maximum absolute atomic E-state index is 12.1. The number of ether oxygens (including phenoxy) is 1. The van der Waals surface area contributed by atoms with Crippen molar-refractivity contribution in [2.75, 3.05) is 24.6 Å². The van der Waals surface area contributed by atoms with E-state index in [2.05, 4.69) is 21.2 Å². The fraction of sp³-hybridized carbons (Fsp3) is 0.500. The average molecular weight is 369 g/mol. The van der Waals surface area contributed by atoms with Crippen LogP contribution in [0, 0.1) is 6.92 Å². The molecule has 0 aromatic heterocycles. The topological polar surface area (TPSA) is 58.6 Å². The minimum absolute atomic E-state index is 0.0115. The van der Waals surface area contributed by atoms with Crippen LogP contribution in [-0.4, -0.2) is 37.6 Å². The molecule has 6 heteroatoms. The van der Waals surface area contributed by atoms with Gasteiger partial charge < -0.3 is 15.0 Å². The van der Waals surface area contributed by atoms with E-state index in [1.807, 2.05) is 25.1 Å². The Labute approximate surface area is 139 Å². The summed E-state index contributed by atoms with van der Waals surface area (Å²) in [6, 6.07) is 5.61.